The van der Waals surface area contributed by atoms with E-state index in [4.69, 9.17) is 15.3 Å². The molecule has 0 radical (unpaired) electrons. The van der Waals surface area contributed by atoms with E-state index in [1.165, 1.54) is 0 Å². The van der Waals surface area contributed by atoms with Gasteiger partial charge >= 0.3 is 0 Å². The SMILES string of the molecule is C[C@H](O)[C@](O)(C=O)C(O)C=O. The Balaban J connectivity index is 4.57. The Labute approximate surface area is 63.3 Å². The van der Waals surface area contributed by atoms with Crippen molar-refractivity contribution >= 4 is 12.6 Å². The number of carbonyl (C=O) groups excluding carboxylic acids is 2. The molecule has 1 unspecified atom stereocenters. The van der Waals surface area contributed by atoms with Crippen LogP contribution >= 0.6 is 0 Å². The van der Waals surface area contributed by atoms with Gasteiger partial charge in [-0.1, -0.05) is 0 Å². The molecule has 0 bridgehead atoms. The maximum Gasteiger partial charge on any atom is 0.178 e. The molecule has 0 aromatic rings. The second-order valence-corrected chi connectivity index (χ2v) is 2.26. The Morgan fingerprint density at radius 1 is 1.36 bits per heavy atom. The van der Waals surface area contributed by atoms with Crippen molar-refractivity contribution in [2.75, 3.05) is 0 Å². The molecule has 0 spiro atoms. The average Bonchev–Trinajstić information content (AvgIpc) is 2.01. The van der Waals surface area contributed by atoms with Crippen molar-refractivity contribution < 1.29 is 24.9 Å². The van der Waals surface area contributed by atoms with Gasteiger partial charge in [0.05, 0.1) is 6.10 Å². The smallest absolute Gasteiger partial charge is 0.178 e. The third kappa shape index (κ3) is 1.83. The number of hydrogen-bond acceptors (Lipinski definition) is 5. The molecule has 0 rings (SSSR count). The molecule has 5 nitrogen and oxygen atoms in total. The number of aliphatic hydroxyl groups is 3. The lowest BCUT2D eigenvalue weighted by atomic mass is 9.94. The van der Waals surface area contributed by atoms with Crippen LogP contribution in [0.2, 0.25) is 0 Å². The van der Waals surface area contributed by atoms with E-state index in [0.29, 0.717) is 0 Å². The summed E-state index contributed by atoms with van der Waals surface area (Å²) in [6, 6.07) is 0. The number of rotatable bonds is 4. The molecule has 0 aliphatic carbocycles. The fourth-order valence-electron chi connectivity index (χ4n) is 0.524. The van der Waals surface area contributed by atoms with Gasteiger partial charge in [-0.05, 0) is 6.92 Å². The molecule has 0 amide bonds. The molecule has 0 heterocycles. The van der Waals surface area contributed by atoms with Crippen molar-refractivity contribution in [3.05, 3.63) is 0 Å². The van der Waals surface area contributed by atoms with Crippen molar-refractivity contribution in [3.8, 4) is 0 Å². The molecule has 0 aliphatic rings. The summed E-state index contributed by atoms with van der Waals surface area (Å²) < 4.78 is 0. The monoisotopic (exact) mass is 162 g/mol. The molecule has 11 heavy (non-hydrogen) atoms. The van der Waals surface area contributed by atoms with E-state index in [2.05, 4.69) is 0 Å². The van der Waals surface area contributed by atoms with E-state index in [0.717, 1.165) is 6.92 Å². The third-order valence-corrected chi connectivity index (χ3v) is 1.46. The fourth-order valence-corrected chi connectivity index (χ4v) is 0.524. The normalized spacial score (nSPS) is 21.5. The first-order chi connectivity index (χ1) is 4.99. The van der Waals surface area contributed by atoms with Crippen LogP contribution in [0, 0.1) is 0 Å². The van der Waals surface area contributed by atoms with Gasteiger partial charge in [0, 0.05) is 0 Å². The Morgan fingerprint density at radius 2 is 1.82 bits per heavy atom. The van der Waals surface area contributed by atoms with Crippen LogP contribution in [0.5, 0.6) is 0 Å². The van der Waals surface area contributed by atoms with E-state index in [-0.39, 0.29) is 12.6 Å². The first kappa shape index (κ1) is 10.2. The molecular formula is C6H10O5. The molecule has 0 fully saturated rings. The van der Waals surface area contributed by atoms with Gasteiger partial charge in [0.1, 0.15) is 6.10 Å². The Morgan fingerprint density at radius 3 is 1.91 bits per heavy atom. The third-order valence-electron chi connectivity index (χ3n) is 1.46. The molecule has 3 atom stereocenters. The van der Waals surface area contributed by atoms with Crippen LogP contribution in [-0.2, 0) is 9.59 Å². The van der Waals surface area contributed by atoms with Crippen LogP contribution in [0.4, 0.5) is 0 Å². The van der Waals surface area contributed by atoms with Crippen molar-refractivity contribution in [1.82, 2.24) is 0 Å². The number of hydrogen-bond donors (Lipinski definition) is 3. The highest BCUT2D eigenvalue weighted by atomic mass is 16.4. The number of aliphatic hydroxyl groups excluding tert-OH is 2. The van der Waals surface area contributed by atoms with Crippen LogP contribution in [0.3, 0.4) is 0 Å². The van der Waals surface area contributed by atoms with E-state index in [1.54, 1.807) is 0 Å². The van der Waals surface area contributed by atoms with Crippen LogP contribution in [0.1, 0.15) is 6.92 Å². The minimum atomic E-state index is -2.39. The quantitative estimate of drug-likeness (QED) is 0.410. The van der Waals surface area contributed by atoms with Crippen molar-refractivity contribution in [3.63, 3.8) is 0 Å². The van der Waals surface area contributed by atoms with Gasteiger partial charge in [-0.2, -0.15) is 0 Å². The Hall–Kier alpha value is -0.780. The van der Waals surface area contributed by atoms with Crippen LogP contribution in [0.15, 0.2) is 0 Å². The predicted octanol–water partition coefficient (Wildman–Crippen LogP) is -2.14. The molecule has 0 saturated carbocycles. The largest absolute Gasteiger partial charge is 0.390 e. The lowest BCUT2D eigenvalue weighted by Gasteiger charge is -2.26. The van der Waals surface area contributed by atoms with Gasteiger partial charge in [-0.15, -0.1) is 0 Å². The lowest BCUT2D eigenvalue weighted by Crippen LogP contribution is -2.53. The molecule has 3 N–H and O–H groups in total. The van der Waals surface area contributed by atoms with Crippen molar-refractivity contribution in [1.29, 1.82) is 0 Å². The minimum absolute atomic E-state index is 0.0128. The first-order valence-corrected chi connectivity index (χ1v) is 2.99. The highest BCUT2D eigenvalue weighted by Gasteiger charge is 2.40. The molecule has 0 aromatic carbocycles. The standard InChI is InChI=1S/C6H10O5/c1-4(9)6(11,3-8)5(10)2-7/h2-5,9-11H,1H3/t4-,5?,6+/m0/s1. The first-order valence-electron chi connectivity index (χ1n) is 2.99. The maximum absolute atomic E-state index is 10.1. The van der Waals surface area contributed by atoms with Gasteiger partial charge in [0.2, 0.25) is 0 Å². The summed E-state index contributed by atoms with van der Waals surface area (Å²) in [6.45, 7) is 1.10. The topological polar surface area (TPSA) is 94.8 Å². The van der Waals surface area contributed by atoms with E-state index in [1.807, 2.05) is 0 Å². The average molecular weight is 162 g/mol. The number of aldehydes is 2. The van der Waals surface area contributed by atoms with Crippen molar-refractivity contribution in [2.24, 2.45) is 0 Å². The van der Waals surface area contributed by atoms with Gasteiger partial charge in [0.15, 0.2) is 18.2 Å². The van der Waals surface area contributed by atoms with E-state index in [9.17, 15) is 9.59 Å². The summed E-state index contributed by atoms with van der Waals surface area (Å²) in [4.78, 5) is 20.1. The second-order valence-electron chi connectivity index (χ2n) is 2.26. The molecule has 64 valence electrons. The zero-order chi connectivity index (χ0) is 9.07. The van der Waals surface area contributed by atoms with Gasteiger partial charge in [0.25, 0.3) is 0 Å². The van der Waals surface area contributed by atoms with Crippen molar-refractivity contribution in [2.45, 2.75) is 24.7 Å². The maximum atomic E-state index is 10.1. The second kappa shape index (κ2) is 3.56. The summed E-state index contributed by atoms with van der Waals surface area (Å²) in [5.74, 6) is 0. The Kier molecular flexibility index (Phi) is 3.31. The molecule has 0 aromatic heterocycles. The summed E-state index contributed by atoms with van der Waals surface area (Å²) in [5, 5.41) is 26.6. The lowest BCUT2D eigenvalue weighted by molar-refractivity contribution is -0.160. The van der Waals surface area contributed by atoms with Gasteiger partial charge in [-0.25, -0.2) is 0 Å². The highest BCUT2D eigenvalue weighted by molar-refractivity contribution is 5.73. The predicted molar refractivity (Wildman–Crippen MR) is 34.8 cm³/mol. The summed E-state index contributed by atoms with van der Waals surface area (Å²) in [7, 11) is 0. The molecule has 0 aliphatic heterocycles. The van der Waals surface area contributed by atoms with Gasteiger partial charge in [-0.3, -0.25) is 4.79 Å². The Bertz CT molecular complexity index is 155. The molecule has 5 heteroatoms. The molecular weight excluding hydrogens is 152 g/mol. The van der Waals surface area contributed by atoms with Crippen LogP contribution < -0.4 is 0 Å². The zero-order valence-corrected chi connectivity index (χ0v) is 5.97. The number of carbonyl (C=O) groups is 2. The molecule has 0 saturated heterocycles. The van der Waals surface area contributed by atoms with Gasteiger partial charge < -0.3 is 20.1 Å². The summed E-state index contributed by atoms with van der Waals surface area (Å²) in [6.07, 6.45) is -3.45. The minimum Gasteiger partial charge on any atom is -0.390 e. The summed E-state index contributed by atoms with van der Waals surface area (Å²) >= 11 is 0. The fraction of sp³-hybridized carbons (Fsp3) is 0.667. The van der Waals surface area contributed by atoms with E-state index < -0.39 is 17.8 Å². The van der Waals surface area contributed by atoms with Crippen LogP contribution in [0.25, 0.3) is 0 Å². The zero-order valence-electron chi connectivity index (χ0n) is 5.97. The van der Waals surface area contributed by atoms with E-state index >= 15 is 0 Å². The highest BCUT2D eigenvalue weighted by Crippen LogP contribution is 2.11. The van der Waals surface area contributed by atoms with Crippen LogP contribution in [-0.4, -0.2) is 45.7 Å². The summed E-state index contributed by atoms with van der Waals surface area (Å²) in [5.41, 5.74) is -2.39.